The average Bonchev–Trinajstić information content (AvgIpc) is 3.10. The lowest BCUT2D eigenvalue weighted by molar-refractivity contribution is 0.509. The predicted molar refractivity (Wildman–Crippen MR) is 88.5 cm³/mol. The van der Waals surface area contributed by atoms with Crippen LogP contribution >= 0.6 is 23.1 Å². The molecule has 7 heteroatoms. The number of aryl methyl sites for hydroxylation is 2. The molecule has 4 rings (SSSR count). The third-order valence-electron chi connectivity index (χ3n) is 4.09. The highest BCUT2D eigenvalue weighted by molar-refractivity contribution is 7.99. The van der Waals surface area contributed by atoms with Gasteiger partial charge in [-0.3, -0.25) is 5.10 Å². The fourth-order valence-electron chi connectivity index (χ4n) is 2.89. The van der Waals surface area contributed by atoms with Crippen molar-refractivity contribution >= 4 is 33.3 Å². The van der Waals surface area contributed by atoms with Gasteiger partial charge < -0.3 is 0 Å². The van der Waals surface area contributed by atoms with Crippen molar-refractivity contribution in [2.75, 3.05) is 0 Å². The van der Waals surface area contributed by atoms with E-state index in [9.17, 15) is 0 Å². The number of hydrogen-bond donors (Lipinski definition) is 1. The molecule has 1 aliphatic rings. The second-order valence-corrected chi connectivity index (χ2v) is 7.77. The topological polar surface area (TPSA) is 67.3 Å². The Morgan fingerprint density at radius 3 is 3.14 bits per heavy atom. The van der Waals surface area contributed by atoms with Gasteiger partial charge in [-0.15, -0.1) is 16.4 Å². The Bertz CT molecular complexity index is 823. The normalized spacial score (nSPS) is 17.8. The Morgan fingerprint density at radius 1 is 1.41 bits per heavy atom. The molecule has 0 amide bonds. The van der Waals surface area contributed by atoms with Crippen molar-refractivity contribution in [2.45, 2.75) is 49.7 Å². The van der Waals surface area contributed by atoms with Crippen molar-refractivity contribution < 1.29 is 0 Å². The summed E-state index contributed by atoms with van der Waals surface area (Å²) >= 11 is 3.36. The van der Waals surface area contributed by atoms with Crippen molar-refractivity contribution in [1.82, 2.24) is 25.1 Å². The summed E-state index contributed by atoms with van der Waals surface area (Å²) in [6, 6.07) is 0. The maximum absolute atomic E-state index is 4.50. The molecule has 114 valence electrons. The molecule has 0 aliphatic heterocycles. The lowest BCUT2D eigenvalue weighted by Crippen LogP contribution is -2.08. The van der Waals surface area contributed by atoms with Crippen LogP contribution in [0.1, 0.15) is 36.5 Å². The van der Waals surface area contributed by atoms with Crippen LogP contribution in [0.3, 0.4) is 0 Å². The van der Waals surface area contributed by atoms with Gasteiger partial charge in [-0.1, -0.05) is 13.8 Å². The Morgan fingerprint density at radius 2 is 2.32 bits per heavy atom. The van der Waals surface area contributed by atoms with Crippen LogP contribution in [0.5, 0.6) is 0 Å². The predicted octanol–water partition coefficient (Wildman–Crippen LogP) is 3.65. The van der Waals surface area contributed by atoms with Gasteiger partial charge in [0.15, 0.2) is 0 Å². The van der Waals surface area contributed by atoms with Gasteiger partial charge in [0.2, 0.25) is 5.16 Å². The Labute approximate surface area is 137 Å². The highest BCUT2D eigenvalue weighted by Crippen LogP contribution is 2.41. The van der Waals surface area contributed by atoms with Crippen molar-refractivity contribution in [2.24, 2.45) is 5.92 Å². The van der Waals surface area contributed by atoms with E-state index in [1.807, 2.05) is 11.3 Å². The first-order chi connectivity index (χ1) is 10.7. The van der Waals surface area contributed by atoms with Crippen LogP contribution in [-0.4, -0.2) is 25.1 Å². The van der Waals surface area contributed by atoms with E-state index in [-0.39, 0.29) is 0 Å². The number of fused-ring (bicyclic) bond motifs is 3. The number of thiophene rings is 1. The van der Waals surface area contributed by atoms with E-state index in [0.717, 1.165) is 39.6 Å². The van der Waals surface area contributed by atoms with Crippen LogP contribution in [0.4, 0.5) is 0 Å². The molecule has 22 heavy (non-hydrogen) atoms. The summed E-state index contributed by atoms with van der Waals surface area (Å²) in [7, 11) is 0. The molecule has 0 aromatic carbocycles. The van der Waals surface area contributed by atoms with E-state index in [4.69, 9.17) is 0 Å². The zero-order chi connectivity index (χ0) is 15.1. The summed E-state index contributed by atoms with van der Waals surface area (Å²) in [4.78, 5) is 16.0. The van der Waals surface area contributed by atoms with Crippen molar-refractivity contribution in [3.63, 3.8) is 0 Å². The number of H-pyrrole nitrogens is 1. The van der Waals surface area contributed by atoms with E-state index >= 15 is 0 Å². The van der Waals surface area contributed by atoms with Gasteiger partial charge in [0, 0.05) is 16.7 Å². The van der Waals surface area contributed by atoms with E-state index in [1.165, 1.54) is 40.4 Å². The average molecular weight is 331 g/mol. The van der Waals surface area contributed by atoms with Crippen molar-refractivity contribution in [1.29, 1.82) is 0 Å². The van der Waals surface area contributed by atoms with Crippen LogP contribution in [0.15, 0.2) is 16.5 Å². The monoisotopic (exact) mass is 331 g/mol. The minimum atomic E-state index is 0.737. The highest BCUT2D eigenvalue weighted by atomic mass is 32.2. The molecule has 0 radical (unpaired) electrons. The smallest absolute Gasteiger partial charge is 0.214 e. The number of hydrogen-bond acceptors (Lipinski definition) is 6. The first-order valence-electron chi connectivity index (χ1n) is 7.59. The maximum atomic E-state index is 4.50. The number of nitrogens with one attached hydrogen (secondary N) is 1. The van der Waals surface area contributed by atoms with Crippen molar-refractivity contribution in [3.05, 3.63) is 22.6 Å². The second kappa shape index (κ2) is 5.62. The molecule has 1 aliphatic carbocycles. The molecule has 0 saturated heterocycles. The summed E-state index contributed by atoms with van der Waals surface area (Å²) in [5.74, 6) is 1.68. The zero-order valence-electron chi connectivity index (χ0n) is 12.6. The molecule has 3 aromatic rings. The minimum absolute atomic E-state index is 0.737. The summed E-state index contributed by atoms with van der Waals surface area (Å²) in [6.07, 6.45) is 6.06. The third kappa shape index (κ3) is 2.42. The number of nitrogens with zero attached hydrogens (tertiary/aromatic N) is 4. The Hall–Kier alpha value is -1.47. The molecule has 1 unspecified atom stereocenters. The fraction of sp³-hybridized carbons (Fsp3) is 0.467. The van der Waals surface area contributed by atoms with Crippen LogP contribution < -0.4 is 0 Å². The maximum Gasteiger partial charge on any atom is 0.214 e. The van der Waals surface area contributed by atoms with Gasteiger partial charge in [0.1, 0.15) is 22.0 Å². The molecule has 0 bridgehead atoms. The summed E-state index contributed by atoms with van der Waals surface area (Å²) in [6.45, 7) is 4.39. The minimum Gasteiger partial charge on any atom is -0.262 e. The first-order valence-corrected chi connectivity index (χ1v) is 9.22. The van der Waals surface area contributed by atoms with Crippen LogP contribution in [0.2, 0.25) is 0 Å². The number of aromatic nitrogens is 5. The molecule has 1 N–H and O–H groups in total. The quantitative estimate of drug-likeness (QED) is 0.742. The van der Waals surface area contributed by atoms with Gasteiger partial charge >= 0.3 is 0 Å². The largest absolute Gasteiger partial charge is 0.262 e. The number of rotatable bonds is 3. The summed E-state index contributed by atoms with van der Waals surface area (Å²) < 4.78 is 0. The molecule has 0 saturated carbocycles. The van der Waals surface area contributed by atoms with Crippen LogP contribution in [-0.2, 0) is 19.3 Å². The van der Waals surface area contributed by atoms with Gasteiger partial charge in [-0.2, -0.15) is 0 Å². The lowest BCUT2D eigenvalue weighted by Gasteiger charge is -2.17. The van der Waals surface area contributed by atoms with Gasteiger partial charge in [-0.25, -0.2) is 15.0 Å². The zero-order valence-corrected chi connectivity index (χ0v) is 14.2. The van der Waals surface area contributed by atoms with E-state index in [0.29, 0.717) is 0 Å². The van der Waals surface area contributed by atoms with Gasteiger partial charge in [0.25, 0.3) is 0 Å². The van der Waals surface area contributed by atoms with Crippen LogP contribution in [0.25, 0.3) is 10.2 Å². The fourth-order valence-corrected chi connectivity index (χ4v) is 5.15. The molecule has 1 atom stereocenters. The summed E-state index contributed by atoms with van der Waals surface area (Å²) in [5, 5.41) is 10.2. The van der Waals surface area contributed by atoms with Crippen LogP contribution in [0, 0.1) is 5.92 Å². The molecule has 3 aromatic heterocycles. The lowest BCUT2D eigenvalue weighted by atomic mass is 9.89. The van der Waals surface area contributed by atoms with Gasteiger partial charge in [0.05, 0.1) is 0 Å². The Kier molecular flexibility index (Phi) is 3.62. The SMILES string of the molecule is CCc1nc(Sc2ncnc3sc4c(c23)CCC(C)C4)n[nH]1. The van der Waals surface area contributed by atoms with E-state index in [1.54, 1.807) is 6.33 Å². The van der Waals surface area contributed by atoms with Crippen molar-refractivity contribution in [3.8, 4) is 0 Å². The summed E-state index contributed by atoms with van der Waals surface area (Å²) in [5.41, 5.74) is 1.45. The van der Waals surface area contributed by atoms with E-state index < -0.39 is 0 Å². The molecular formula is C15H17N5S2. The molecule has 0 spiro atoms. The molecular weight excluding hydrogens is 314 g/mol. The van der Waals surface area contributed by atoms with Gasteiger partial charge in [-0.05, 0) is 42.5 Å². The first kappa shape index (κ1) is 14.1. The number of aromatic amines is 1. The second-order valence-electron chi connectivity index (χ2n) is 5.73. The van der Waals surface area contributed by atoms with E-state index in [2.05, 4.69) is 39.0 Å². The molecule has 5 nitrogen and oxygen atoms in total. The third-order valence-corrected chi connectivity index (χ3v) is 6.12. The molecule has 0 fully saturated rings. The standard InChI is InChI=1S/C15H17N5S2/c1-3-11-18-15(20-19-11)22-14-12-9-5-4-8(2)6-10(9)21-13(12)16-7-17-14/h7-8H,3-6H2,1-2H3,(H,18,19,20). The molecule has 3 heterocycles. The Balaban J connectivity index is 1.77. The highest BCUT2D eigenvalue weighted by Gasteiger charge is 2.23.